The fraction of sp³-hybridized carbons (Fsp3) is 0.750. The van der Waals surface area contributed by atoms with Crippen molar-refractivity contribution >= 4 is 15.2 Å². The molecule has 2 heterocycles. The maximum atomic E-state index is 14.0. The molecule has 1 aromatic rings. The topological polar surface area (TPSA) is 108 Å². The van der Waals surface area contributed by atoms with Gasteiger partial charge in [-0.1, -0.05) is 30.3 Å². The highest BCUT2D eigenvalue weighted by molar-refractivity contribution is 7.72. The summed E-state index contributed by atoms with van der Waals surface area (Å²) in [6.45, 7) is 11.1. The van der Waals surface area contributed by atoms with Crippen molar-refractivity contribution in [1.82, 2.24) is 0 Å². The van der Waals surface area contributed by atoms with Crippen molar-refractivity contribution in [1.29, 1.82) is 0 Å². The van der Waals surface area contributed by atoms with Crippen molar-refractivity contribution in [2.75, 3.05) is 26.4 Å². The van der Waals surface area contributed by atoms with E-state index in [2.05, 4.69) is 0 Å². The van der Waals surface area contributed by atoms with Gasteiger partial charge in [-0.2, -0.15) is 0 Å². The van der Waals surface area contributed by atoms with Crippen LogP contribution in [-0.2, 0) is 52.8 Å². The molecule has 0 aliphatic carbocycles. The first-order valence-corrected chi connectivity index (χ1v) is 15.8. The maximum absolute atomic E-state index is 14.0. The lowest BCUT2D eigenvalue weighted by Crippen LogP contribution is -2.38. The minimum atomic E-state index is -3.95. The van der Waals surface area contributed by atoms with E-state index >= 15 is 0 Å². The monoisotopic (exact) mass is 550 g/mol. The quantitative estimate of drug-likeness (QED) is 0.253. The number of hydrogen-bond donors (Lipinski definition) is 0. The van der Waals surface area contributed by atoms with Gasteiger partial charge in [-0.25, -0.2) is 0 Å². The van der Waals surface area contributed by atoms with E-state index in [1.807, 2.05) is 30.3 Å². The Kier molecular flexibility index (Phi) is 10.8. The van der Waals surface area contributed by atoms with E-state index in [0.29, 0.717) is 6.61 Å². The van der Waals surface area contributed by atoms with Crippen LogP contribution in [0.4, 0.5) is 0 Å². The van der Waals surface area contributed by atoms with Gasteiger partial charge in [0.25, 0.3) is 0 Å². The van der Waals surface area contributed by atoms with Crippen LogP contribution in [0.25, 0.3) is 0 Å². The second-order valence-electron chi connectivity index (χ2n) is 8.87. The average Bonchev–Trinajstić information content (AvgIpc) is 3.28. The van der Waals surface area contributed by atoms with Crippen LogP contribution in [-0.4, -0.2) is 62.2 Å². The Balaban J connectivity index is 1.94. The van der Waals surface area contributed by atoms with Gasteiger partial charge in [0.1, 0.15) is 12.2 Å². The second kappa shape index (κ2) is 12.9. The van der Waals surface area contributed by atoms with Crippen LogP contribution in [0.2, 0.25) is 0 Å². The van der Waals surface area contributed by atoms with Gasteiger partial charge >= 0.3 is 15.2 Å². The molecule has 2 aliphatic heterocycles. The molecule has 3 rings (SSSR count). The highest BCUT2D eigenvalue weighted by atomic mass is 31.2. The van der Waals surface area contributed by atoms with Crippen LogP contribution in [0, 0.1) is 0 Å². The molecule has 0 saturated carbocycles. The van der Waals surface area contributed by atoms with Crippen LogP contribution < -0.4 is 0 Å². The van der Waals surface area contributed by atoms with Crippen molar-refractivity contribution in [3.05, 3.63) is 35.9 Å². The summed E-state index contributed by atoms with van der Waals surface area (Å²) in [7, 11) is -7.90. The summed E-state index contributed by atoms with van der Waals surface area (Å²) in [6.07, 6.45) is -2.58. The zero-order valence-electron chi connectivity index (χ0n) is 22.0. The van der Waals surface area contributed by atoms with Crippen LogP contribution in [0.5, 0.6) is 0 Å². The number of ether oxygens (including phenoxy) is 4. The summed E-state index contributed by atoms with van der Waals surface area (Å²) in [5, 5.41) is -1.23. The van der Waals surface area contributed by atoms with Gasteiger partial charge in [-0.15, -0.1) is 0 Å². The molecule has 1 aromatic carbocycles. The maximum Gasteiger partial charge on any atom is 0.345 e. The molecule has 0 radical (unpaired) electrons. The summed E-state index contributed by atoms with van der Waals surface area (Å²) in [5.74, 6) is -0.855. The van der Waals surface area contributed by atoms with Crippen molar-refractivity contribution < 1.29 is 46.2 Å². The van der Waals surface area contributed by atoms with E-state index < -0.39 is 51.0 Å². The Morgan fingerprint density at radius 3 is 1.89 bits per heavy atom. The normalized spacial score (nSPS) is 26.0. The molecule has 206 valence electrons. The van der Waals surface area contributed by atoms with Gasteiger partial charge in [0.05, 0.1) is 39.1 Å². The Labute approximate surface area is 214 Å². The molecule has 0 spiro atoms. The Bertz CT molecular complexity index is 861. The van der Waals surface area contributed by atoms with Gasteiger partial charge in [0.2, 0.25) is 0 Å². The van der Waals surface area contributed by atoms with E-state index in [0.717, 1.165) is 5.56 Å². The average molecular weight is 551 g/mol. The van der Waals surface area contributed by atoms with Crippen LogP contribution in [0.3, 0.4) is 0 Å². The second-order valence-corrected chi connectivity index (χ2v) is 13.7. The Morgan fingerprint density at radius 2 is 1.39 bits per heavy atom. The Hall–Kier alpha value is -0.640. The third-order valence-electron chi connectivity index (χ3n) is 5.78. The standard InChI is InChI=1S/C24H40O10P2/c1-7-28-35(25,29-8-2)20(36(26,30-9-3)31-10-4)16-19-21(27-17-18-14-12-11-13-15-18)22-23(32-19)34-24(5,6)33-22/h11-15,19-23H,7-10,16-17H2,1-6H3/t19-,21+,22-,23-/m0/s1. The van der Waals surface area contributed by atoms with Gasteiger partial charge in [0.15, 0.2) is 17.5 Å². The number of hydrogen-bond acceptors (Lipinski definition) is 10. The number of fused-ring (bicyclic) bond motifs is 1. The fourth-order valence-electron chi connectivity index (χ4n) is 4.48. The van der Waals surface area contributed by atoms with E-state index in [1.165, 1.54) is 0 Å². The lowest BCUT2D eigenvalue weighted by Gasteiger charge is -2.34. The molecule has 12 heteroatoms. The predicted molar refractivity (Wildman–Crippen MR) is 134 cm³/mol. The van der Waals surface area contributed by atoms with E-state index in [1.54, 1.807) is 41.5 Å². The summed E-state index contributed by atoms with van der Waals surface area (Å²) in [5.41, 5.74) is 0.970. The van der Waals surface area contributed by atoms with Crippen molar-refractivity contribution in [2.45, 2.75) is 90.4 Å². The molecule has 0 N–H and O–H groups in total. The number of rotatable bonds is 15. The van der Waals surface area contributed by atoms with E-state index in [-0.39, 0.29) is 32.8 Å². The first kappa shape index (κ1) is 29.9. The molecule has 2 saturated heterocycles. The smallest absolute Gasteiger partial charge is 0.345 e. The molecular formula is C24H40O10P2. The SMILES string of the molecule is CCOP(=O)(OCC)C(C[C@@H]1O[C@H]2OC(C)(C)O[C@H]2[C@@H]1OCc1ccccc1)P(=O)(OCC)OCC. The zero-order valence-corrected chi connectivity index (χ0v) is 23.8. The Morgan fingerprint density at radius 1 is 0.861 bits per heavy atom. The largest absolute Gasteiger partial charge is 0.368 e. The molecule has 2 aliphatic rings. The lowest BCUT2D eigenvalue weighted by molar-refractivity contribution is -0.219. The molecule has 0 bridgehead atoms. The molecule has 2 fully saturated rings. The van der Waals surface area contributed by atoms with Crippen molar-refractivity contribution in [3.8, 4) is 0 Å². The zero-order chi connectivity index (χ0) is 26.4. The third kappa shape index (κ3) is 7.06. The molecule has 0 aromatic heterocycles. The van der Waals surface area contributed by atoms with E-state index in [9.17, 15) is 9.13 Å². The summed E-state index contributed by atoms with van der Waals surface area (Å²) in [6, 6.07) is 9.70. The third-order valence-corrected chi connectivity index (χ3v) is 11.8. The summed E-state index contributed by atoms with van der Waals surface area (Å²) in [4.78, 5) is 0. The minimum Gasteiger partial charge on any atom is -0.368 e. The first-order chi connectivity index (χ1) is 17.1. The summed E-state index contributed by atoms with van der Waals surface area (Å²) < 4.78 is 75.0. The predicted octanol–water partition coefficient (Wildman–Crippen LogP) is 5.70. The molecular weight excluding hydrogens is 510 g/mol. The fourth-order valence-corrected chi connectivity index (χ4v) is 9.88. The minimum absolute atomic E-state index is 0.0336. The van der Waals surface area contributed by atoms with Crippen LogP contribution in [0.15, 0.2) is 30.3 Å². The number of benzene rings is 1. The molecule has 0 unspecified atom stereocenters. The lowest BCUT2D eigenvalue weighted by atomic mass is 10.1. The molecule has 10 nitrogen and oxygen atoms in total. The van der Waals surface area contributed by atoms with Gasteiger partial charge in [0, 0.05) is 6.42 Å². The van der Waals surface area contributed by atoms with E-state index in [4.69, 9.17) is 37.0 Å². The first-order valence-electron chi connectivity index (χ1n) is 12.6. The van der Waals surface area contributed by atoms with Crippen molar-refractivity contribution in [2.24, 2.45) is 0 Å². The van der Waals surface area contributed by atoms with Gasteiger partial charge in [-0.05, 0) is 47.1 Å². The van der Waals surface area contributed by atoms with Gasteiger partial charge in [-0.3, -0.25) is 9.13 Å². The highest BCUT2D eigenvalue weighted by Crippen LogP contribution is 2.72. The highest BCUT2D eigenvalue weighted by Gasteiger charge is 2.59. The molecule has 36 heavy (non-hydrogen) atoms. The van der Waals surface area contributed by atoms with Crippen molar-refractivity contribution in [3.63, 3.8) is 0 Å². The van der Waals surface area contributed by atoms with Gasteiger partial charge < -0.3 is 37.0 Å². The molecule has 0 amide bonds. The molecule has 4 atom stereocenters. The summed E-state index contributed by atoms with van der Waals surface area (Å²) >= 11 is 0. The van der Waals surface area contributed by atoms with Crippen LogP contribution >= 0.6 is 15.2 Å². The van der Waals surface area contributed by atoms with Crippen LogP contribution in [0.1, 0.15) is 53.5 Å².